The third kappa shape index (κ3) is 2.73. The molecule has 3 unspecified atom stereocenters. The van der Waals surface area contributed by atoms with Crippen molar-refractivity contribution in [2.24, 2.45) is 0 Å². The summed E-state index contributed by atoms with van der Waals surface area (Å²) in [6, 6.07) is 1.52. The van der Waals surface area contributed by atoms with Gasteiger partial charge in [-0.3, -0.25) is 4.90 Å². The summed E-state index contributed by atoms with van der Waals surface area (Å²) in [6.45, 7) is 4.94. The van der Waals surface area contributed by atoms with Gasteiger partial charge in [-0.1, -0.05) is 0 Å². The van der Waals surface area contributed by atoms with E-state index in [0.717, 1.165) is 17.3 Å². The van der Waals surface area contributed by atoms with Crippen molar-refractivity contribution in [2.75, 3.05) is 46.5 Å². The van der Waals surface area contributed by atoms with Crippen LogP contribution in [0.3, 0.4) is 0 Å². The maximum Gasteiger partial charge on any atom is 0.0352 e. The van der Waals surface area contributed by atoms with E-state index in [1.807, 2.05) is 11.8 Å². The van der Waals surface area contributed by atoms with Crippen molar-refractivity contribution in [2.45, 2.75) is 30.2 Å². The van der Waals surface area contributed by atoms with Crippen LogP contribution in [-0.4, -0.2) is 73.7 Å². The average molecular weight is 243 g/mol. The summed E-state index contributed by atoms with van der Waals surface area (Å²) in [5, 5.41) is 4.33. The molecule has 0 radical (unpaired) electrons. The first-order chi connectivity index (χ1) is 7.72. The van der Waals surface area contributed by atoms with Gasteiger partial charge in [0.15, 0.2) is 0 Å². The molecule has 2 aliphatic heterocycles. The fourth-order valence-electron chi connectivity index (χ4n) is 2.95. The standard InChI is InChI=1S/C12H25N3S/c1-14(2)10-5-4-6-15(9-10)11-7-13-8-12(11)16-3/h10-13H,4-9H2,1-3H3. The molecule has 0 spiro atoms. The number of hydrogen-bond acceptors (Lipinski definition) is 4. The highest BCUT2D eigenvalue weighted by atomic mass is 32.2. The summed E-state index contributed by atoms with van der Waals surface area (Å²) in [6.07, 6.45) is 4.98. The minimum atomic E-state index is 0.761. The molecule has 2 aliphatic rings. The molecule has 3 nitrogen and oxygen atoms in total. The topological polar surface area (TPSA) is 18.5 Å². The Morgan fingerprint density at radius 2 is 2.12 bits per heavy atom. The van der Waals surface area contributed by atoms with Crippen molar-refractivity contribution < 1.29 is 0 Å². The van der Waals surface area contributed by atoms with Crippen molar-refractivity contribution >= 4 is 11.8 Å². The van der Waals surface area contributed by atoms with Gasteiger partial charge < -0.3 is 10.2 Å². The maximum absolute atomic E-state index is 3.54. The number of piperidine rings is 1. The van der Waals surface area contributed by atoms with Crippen LogP contribution in [0.1, 0.15) is 12.8 Å². The molecule has 0 aromatic rings. The van der Waals surface area contributed by atoms with Gasteiger partial charge in [0.1, 0.15) is 0 Å². The molecule has 0 amide bonds. The van der Waals surface area contributed by atoms with Crippen LogP contribution >= 0.6 is 11.8 Å². The number of hydrogen-bond donors (Lipinski definition) is 1. The van der Waals surface area contributed by atoms with Crippen molar-refractivity contribution in [1.82, 2.24) is 15.1 Å². The van der Waals surface area contributed by atoms with Crippen LogP contribution in [-0.2, 0) is 0 Å². The lowest BCUT2D eigenvalue weighted by atomic mass is 10.0. The zero-order valence-electron chi connectivity index (χ0n) is 10.8. The minimum Gasteiger partial charge on any atom is -0.314 e. The van der Waals surface area contributed by atoms with Gasteiger partial charge in [0.25, 0.3) is 0 Å². The number of rotatable bonds is 3. The lowest BCUT2D eigenvalue weighted by molar-refractivity contribution is 0.104. The molecule has 2 saturated heterocycles. The molecule has 94 valence electrons. The molecule has 1 N–H and O–H groups in total. The van der Waals surface area contributed by atoms with E-state index in [9.17, 15) is 0 Å². The van der Waals surface area contributed by atoms with Gasteiger partial charge >= 0.3 is 0 Å². The highest BCUT2D eigenvalue weighted by Gasteiger charge is 2.34. The van der Waals surface area contributed by atoms with E-state index in [2.05, 4.69) is 35.5 Å². The van der Waals surface area contributed by atoms with Crippen LogP contribution in [0.15, 0.2) is 0 Å². The number of thioether (sulfide) groups is 1. The Labute approximate surface area is 104 Å². The molecule has 0 aliphatic carbocycles. The van der Waals surface area contributed by atoms with Gasteiger partial charge in [-0.25, -0.2) is 0 Å². The minimum absolute atomic E-state index is 0.761. The van der Waals surface area contributed by atoms with Crippen LogP contribution in [0, 0.1) is 0 Å². The van der Waals surface area contributed by atoms with Crippen LogP contribution in [0.4, 0.5) is 0 Å². The Balaban J connectivity index is 1.93. The number of likely N-dealkylation sites (tertiary alicyclic amines) is 1. The van der Waals surface area contributed by atoms with Crippen molar-refractivity contribution in [1.29, 1.82) is 0 Å². The molecule has 3 atom stereocenters. The summed E-state index contributed by atoms with van der Waals surface area (Å²) in [5.41, 5.74) is 0. The van der Waals surface area contributed by atoms with Crippen molar-refractivity contribution in [3.8, 4) is 0 Å². The molecular weight excluding hydrogens is 218 g/mol. The summed E-state index contributed by atoms with van der Waals surface area (Å²) < 4.78 is 0. The lowest BCUT2D eigenvalue weighted by Gasteiger charge is -2.40. The molecule has 0 bridgehead atoms. The summed E-state index contributed by atoms with van der Waals surface area (Å²) in [5.74, 6) is 0. The van der Waals surface area contributed by atoms with Crippen molar-refractivity contribution in [3.63, 3.8) is 0 Å². The quantitative estimate of drug-likeness (QED) is 0.787. The van der Waals surface area contributed by atoms with E-state index in [1.54, 1.807) is 0 Å². The van der Waals surface area contributed by atoms with Gasteiger partial charge in [0.05, 0.1) is 0 Å². The van der Waals surface area contributed by atoms with E-state index < -0.39 is 0 Å². The molecule has 0 saturated carbocycles. The second-order valence-corrected chi connectivity index (χ2v) is 6.33. The summed E-state index contributed by atoms with van der Waals surface area (Å²) in [4.78, 5) is 5.11. The normalized spacial score (nSPS) is 37.1. The largest absolute Gasteiger partial charge is 0.314 e. The van der Waals surface area contributed by atoms with Crippen LogP contribution in [0.25, 0.3) is 0 Å². The number of likely N-dealkylation sites (N-methyl/N-ethyl adjacent to an activating group) is 1. The van der Waals surface area contributed by atoms with E-state index in [0.29, 0.717) is 0 Å². The third-order valence-electron chi connectivity index (χ3n) is 4.06. The lowest BCUT2D eigenvalue weighted by Crippen LogP contribution is -2.52. The van der Waals surface area contributed by atoms with Crippen molar-refractivity contribution in [3.05, 3.63) is 0 Å². The fraction of sp³-hybridized carbons (Fsp3) is 1.00. The molecule has 0 aromatic carbocycles. The van der Waals surface area contributed by atoms with Gasteiger partial charge in [0.2, 0.25) is 0 Å². The van der Waals surface area contributed by atoms with Crippen LogP contribution < -0.4 is 5.32 Å². The van der Waals surface area contributed by atoms with E-state index in [4.69, 9.17) is 0 Å². The van der Waals surface area contributed by atoms with Gasteiger partial charge in [0, 0.05) is 37.0 Å². The highest BCUT2D eigenvalue weighted by molar-refractivity contribution is 7.99. The Morgan fingerprint density at radius 1 is 1.31 bits per heavy atom. The van der Waals surface area contributed by atoms with Gasteiger partial charge in [-0.15, -0.1) is 0 Å². The molecule has 2 fully saturated rings. The Bertz CT molecular complexity index is 222. The maximum atomic E-state index is 3.54. The summed E-state index contributed by atoms with van der Waals surface area (Å²) >= 11 is 2.03. The van der Waals surface area contributed by atoms with Crippen LogP contribution in [0.2, 0.25) is 0 Å². The van der Waals surface area contributed by atoms with Gasteiger partial charge in [-0.2, -0.15) is 11.8 Å². The smallest absolute Gasteiger partial charge is 0.0352 e. The highest BCUT2D eigenvalue weighted by Crippen LogP contribution is 2.24. The fourth-order valence-corrected chi connectivity index (χ4v) is 3.82. The molecule has 0 aromatic heterocycles. The van der Waals surface area contributed by atoms with E-state index >= 15 is 0 Å². The van der Waals surface area contributed by atoms with Gasteiger partial charge in [-0.05, 0) is 39.7 Å². The van der Waals surface area contributed by atoms with Crippen LogP contribution in [0.5, 0.6) is 0 Å². The monoisotopic (exact) mass is 243 g/mol. The second kappa shape index (κ2) is 5.71. The first kappa shape index (κ1) is 12.7. The predicted molar refractivity (Wildman–Crippen MR) is 72.2 cm³/mol. The number of nitrogens with zero attached hydrogens (tertiary/aromatic N) is 2. The zero-order valence-corrected chi connectivity index (χ0v) is 11.6. The second-order valence-electron chi connectivity index (χ2n) is 5.25. The predicted octanol–water partition coefficient (Wildman–Crippen LogP) is 0.716. The van der Waals surface area contributed by atoms with E-state index in [-0.39, 0.29) is 0 Å². The molecule has 16 heavy (non-hydrogen) atoms. The Morgan fingerprint density at radius 3 is 2.81 bits per heavy atom. The van der Waals surface area contributed by atoms with E-state index in [1.165, 1.54) is 39.0 Å². The summed E-state index contributed by atoms with van der Waals surface area (Å²) in [7, 11) is 4.43. The Kier molecular flexibility index (Phi) is 4.53. The molecule has 4 heteroatoms. The zero-order chi connectivity index (χ0) is 11.5. The third-order valence-corrected chi connectivity index (χ3v) is 5.14. The molecule has 2 rings (SSSR count). The molecule has 2 heterocycles. The SMILES string of the molecule is CSC1CNCC1N1CCCC(N(C)C)C1. The first-order valence-corrected chi connectivity index (χ1v) is 7.65. The molecular formula is C12H25N3S. The average Bonchev–Trinajstić information content (AvgIpc) is 2.77. The first-order valence-electron chi connectivity index (χ1n) is 6.36. The Hall–Kier alpha value is 0.230. The number of nitrogens with one attached hydrogen (secondary N) is 1.